The van der Waals surface area contributed by atoms with Gasteiger partial charge >= 0.3 is 0 Å². The largest absolute Gasteiger partial charge is 0.370 e. The molecule has 3 nitrogen and oxygen atoms in total. The molecular formula is C15H18FN3. The minimum atomic E-state index is -0.158. The van der Waals surface area contributed by atoms with E-state index in [4.69, 9.17) is 0 Å². The molecule has 0 fully saturated rings. The summed E-state index contributed by atoms with van der Waals surface area (Å²) in [6, 6.07) is 8.77. The predicted octanol–water partition coefficient (Wildman–Crippen LogP) is 3.39. The summed E-state index contributed by atoms with van der Waals surface area (Å²) < 4.78 is 13.4. The van der Waals surface area contributed by atoms with Crippen LogP contribution in [0, 0.1) is 5.82 Å². The Hall–Kier alpha value is -1.97. The molecule has 0 aliphatic rings. The lowest BCUT2D eigenvalue weighted by atomic mass is 10.1. The lowest BCUT2D eigenvalue weighted by Gasteiger charge is -2.09. The van der Waals surface area contributed by atoms with Gasteiger partial charge in [-0.2, -0.15) is 0 Å². The topological polar surface area (TPSA) is 37.8 Å². The van der Waals surface area contributed by atoms with Gasteiger partial charge in [-0.25, -0.2) is 14.4 Å². The molecule has 0 saturated heterocycles. The lowest BCUT2D eigenvalue weighted by Crippen LogP contribution is -2.08. The number of hydrogen-bond donors (Lipinski definition) is 1. The highest BCUT2D eigenvalue weighted by Crippen LogP contribution is 2.14. The van der Waals surface area contributed by atoms with Crippen LogP contribution in [0.2, 0.25) is 0 Å². The number of nitrogens with zero attached hydrogens (tertiary/aromatic N) is 2. The first-order valence-corrected chi connectivity index (χ1v) is 6.46. The summed E-state index contributed by atoms with van der Waals surface area (Å²) in [6.07, 6.45) is 2.19. The maximum Gasteiger partial charge on any atom is 0.129 e. The van der Waals surface area contributed by atoms with Crippen molar-refractivity contribution < 1.29 is 4.39 Å². The van der Waals surface area contributed by atoms with Gasteiger partial charge in [0, 0.05) is 18.3 Å². The van der Waals surface area contributed by atoms with Gasteiger partial charge in [0.15, 0.2) is 0 Å². The van der Waals surface area contributed by atoms with Crippen molar-refractivity contribution in [1.82, 2.24) is 9.97 Å². The van der Waals surface area contributed by atoms with E-state index in [9.17, 15) is 4.39 Å². The van der Waals surface area contributed by atoms with Gasteiger partial charge in [0.2, 0.25) is 0 Å². The molecule has 4 heteroatoms. The van der Waals surface area contributed by atoms with Gasteiger partial charge in [0.05, 0.1) is 0 Å². The lowest BCUT2D eigenvalue weighted by molar-refractivity contribution is 0.610. The fourth-order valence-electron chi connectivity index (χ4n) is 1.81. The molecule has 100 valence electrons. The van der Waals surface area contributed by atoms with Crippen molar-refractivity contribution in [3.05, 3.63) is 53.7 Å². The highest BCUT2D eigenvalue weighted by molar-refractivity contribution is 5.36. The van der Waals surface area contributed by atoms with Crippen molar-refractivity contribution in [1.29, 1.82) is 0 Å². The number of nitrogens with one attached hydrogen (secondary N) is 1. The molecule has 0 bridgehead atoms. The van der Waals surface area contributed by atoms with Crippen LogP contribution < -0.4 is 5.32 Å². The van der Waals surface area contributed by atoms with E-state index in [2.05, 4.69) is 29.1 Å². The van der Waals surface area contributed by atoms with E-state index in [0.717, 1.165) is 11.5 Å². The maximum absolute atomic E-state index is 13.4. The quantitative estimate of drug-likeness (QED) is 0.894. The molecule has 19 heavy (non-hydrogen) atoms. The summed E-state index contributed by atoms with van der Waals surface area (Å²) in [5.41, 5.74) is 1.72. The highest BCUT2D eigenvalue weighted by Gasteiger charge is 2.03. The van der Waals surface area contributed by atoms with E-state index in [-0.39, 0.29) is 5.82 Å². The minimum Gasteiger partial charge on any atom is -0.370 e. The van der Waals surface area contributed by atoms with Gasteiger partial charge in [-0.05, 0) is 24.0 Å². The molecule has 0 aliphatic heterocycles. The van der Waals surface area contributed by atoms with Gasteiger partial charge < -0.3 is 5.32 Å². The van der Waals surface area contributed by atoms with E-state index >= 15 is 0 Å². The van der Waals surface area contributed by atoms with Crippen LogP contribution in [0.15, 0.2) is 36.7 Å². The van der Waals surface area contributed by atoms with Crippen LogP contribution in [-0.4, -0.2) is 16.5 Å². The third kappa shape index (κ3) is 3.74. The Labute approximate surface area is 112 Å². The second-order valence-electron chi connectivity index (χ2n) is 4.75. The summed E-state index contributed by atoms with van der Waals surface area (Å²) >= 11 is 0. The van der Waals surface area contributed by atoms with Crippen LogP contribution in [0.5, 0.6) is 0 Å². The summed E-state index contributed by atoms with van der Waals surface area (Å²) in [4.78, 5) is 8.37. The van der Waals surface area contributed by atoms with Crippen LogP contribution in [-0.2, 0) is 6.42 Å². The Morgan fingerprint density at radius 1 is 1.21 bits per heavy atom. The second-order valence-corrected chi connectivity index (χ2v) is 4.75. The third-order valence-corrected chi connectivity index (χ3v) is 2.94. The average molecular weight is 259 g/mol. The summed E-state index contributed by atoms with van der Waals surface area (Å²) in [5, 5.41) is 3.20. The average Bonchev–Trinajstić information content (AvgIpc) is 2.41. The number of benzene rings is 1. The first kappa shape index (κ1) is 13.5. The van der Waals surface area contributed by atoms with Crippen molar-refractivity contribution in [2.45, 2.75) is 26.2 Å². The first-order chi connectivity index (χ1) is 9.16. The minimum absolute atomic E-state index is 0.158. The zero-order valence-corrected chi connectivity index (χ0v) is 11.2. The molecule has 0 atom stereocenters. The molecule has 2 aromatic rings. The van der Waals surface area contributed by atoms with Crippen LogP contribution in [0.1, 0.15) is 31.0 Å². The van der Waals surface area contributed by atoms with Crippen molar-refractivity contribution in [3.8, 4) is 0 Å². The van der Waals surface area contributed by atoms with Gasteiger partial charge in [-0.15, -0.1) is 0 Å². The Morgan fingerprint density at radius 3 is 2.74 bits per heavy atom. The second kappa shape index (κ2) is 6.27. The zero-order valence-electron chi connectivity index (χ0n) is 11.2. The zero-order chi connectivity index (χ0) is 13.7. The number of aromatic nitrogens is 2. The van der Waals surface area contributed by atoms with Crippen molar-refractivity contribution in [2.75, 3.05) is 11.9 Å². The van der Waals surface area contributed by atoms with E-state index in [1.54, 1.807) is 18.5 Å². The van der Waals surface area contributed by atoms with Gasteiger partial charge in [0.1, 0.15) is 18.0 Å². The van der Waals surface area contributed by atoms with E-state index in [1.807, 2.05) is 12.1 Å². The molecule has 0 radical (unpaired) electrons. The van der Waals surface area contributed by atoms with Gasteiger partial charge in [-0.3, -0.25) is 0 Å². The summed E-state index contributed by atoms with van der Waals surface area (Å²) in [6.45, 7) is 4.83. The summed E-state index contributed by atoms with van der Waals surface area (Å²) in [5.74, 6) is 1.00. The Kier molecular flexibility index (Phi) is 4.44. The molecule has 0 spiro atoms. The molecule has 1 aromatic carbocycles. The number of rotatable bonds is 5. The molecular weight excluding hydrogens is 241 g/mol. The van der Waals surface area contributed by atoms with E-state index in [0.29, 0.717) is 24.4 Å². The van der Waals surface area contributed by atoms with E-state index in [1.165, 1.54) is 6.07 Å². The predicted molar refractivity (Wildman–Crippen MR) is 74.7 cm³/mol. The van der Waals surface area contributed by atoms with Gasteiger partial charge in [0.25, 0.3) is 0 Å². The molecule has 2 rings (SSSR count). The van der Waals surface area contributed by atoms with Crippen LogP contribution in [0.4, 0.5) is 10.2 Å². The first-order valence-electron chi connectivity index (χ1n) is 6.46. The molecule has 1 heterocycles. The Morgan fingerprint density at radius 2 is 2.00 bits per heavy atom. The molecule has 0 aliphatic carbocycles. The normalized spacial score (nSPS) is 10.7. The molecule has 0 unspecified atom stereocenters. The fraction of sp³-hybridized carbons (Fsp3) is 0.333. The summed E-state index contributed by atoms with van der Waals surface area (Å²) in [7, 11) is 0. The maximum atomic E-state index is 13.4. The van der Waals surface area contributed by atoms with Crippen molar-refractivity contribution in [3.63, 3.8) is 0 Å². The fourth-order valence-corrected chi connectivity index (χ4v) is 1.81. The van der Waals surface area contributed by atoms with Crippen LogP contribution in [0.3, 0.4) is 0 Å². The van der Waals surface area contributed by atoms with Crippen molar-refractivity contribution in [2.24, 2.45) is 0 Å². The molecule has 0 saturated carbocycles. The number of anilines is 1. The monoisotopic (exact) mass is 259 g/mol. The Balaban J connectivity index is 1.93. The number of hydrogen-bond acceptors (Lipinski definition) is 3. The molecule has 0 amide bonds. The van der Waals surface area contributed by atoms with E-state index < -0.39 is 0 Å². The Bertz CT molecular complexity index is 540. The highest BCUT2D eigenvalue weighted by atomic mass is 19.1. The number of halogens is 1. The third-order valence-electron chi connectivity index (χ3n) is 2.94. The smallest absolute Gasteiger partial charge is 0.129 e. The SMILES string of the molecule is CC(C)c1cc(NCCc2ccccc2F)ncn1. The van der Waals surface area contributed by atoms with Gasteiger partial charge in [-0.1, -0.05) is 32.0 Å². The standard InChI is InChI=1S/C15H18FN3/c1-11(2)14-9-15(19-10-18-14)17-8-7-12-5-3-4-6-13(12)16/h3-6,9-11H,7-8H2,1-2H3,(H,17,18,19). The van der Waals surface area contributed by atoms with Crippen LogP contribution >= 0.6 is 0 Å². The van der Waals surface area contributed by atoms with Crippen molar-refractivity contribution >= 4 is 5.82 Å². The molecule has 1 N–H and O–H groups in total. The molecule has 1 aromatic heterocycles. The van der Waals surface area contributed by atoms with Crippen LogP contribution in [0.25, 0.3) is 0 Å².